The molecule has 5 amide bonds. The Morgan fingerprint density at radius 1 is 0.818 bits per heavy atom. The predicted molar refractivity (Wildman–Crippen MR) is 122 cm³/mol. The fraction of sp³-hybridized carbons (Fsp3) is 0.304. The van der Waals surface area contributed by atoms with E-state index in [0.717, 1.165) is 0 Å². The molecule has 0 bridgehead atoms. The summed E-state index contributed by atoms with van der Waals surface area (Å²) in [6.45, 7) is 2.76. The molecule has 2 aromatic carbocycles. The van der Waals surface area contributed by atoms with E-state index < -0.39 is 11.8 Å². The van der Waals surface area contributed by atoms with Gasteiger partial charge >= 0.3 is 17.8 Å². The second kappa shape index (κ2) is 11.1. The third kappa shape index (κ3) is 7.30. The highest BCUT2D eigenvalue weighted by Gasteiger charge is 2.24. The number of rotatable bonds is 5. The molecule has 174 valence electrons. The standard InChI is InChI=1S/C23H26FN5O4/c1-15(30)26-18-6-8-19(9-7-18)27-22(32)21(31)25-14-16-10-12-29(13-11-16)23(33)28-20-4-2-17(24)3-5-20/h2-9,16H,10-14H2,1H3,(H,25,31)(H,26,30)(H,27,32)(H,28,33). The highest BCUT2D eigenvalue weighted by molar-refractivity contribution is 6.39. The van der Waals surface area contributed by atoms with Crippen molar-refractivity contribution in [3.8, 4) is 0 Å². The number of carbonyl (C=O) groups excluding carboxylic acids is 4. The van der Waals surface area contributed by atoms with Crippen molar-refractivity contribution in [1.82, 2.24) is 10.2 Å². The molecule has 0 radical (unpaired) electrons. The van der Waals surface area contributed by atoms with Crippen molar-refractivity contribution >= 4 is 40.8 Å². The Bertz CT molecular complexity index is 1000. The number of carbonyl (C=O) groups is 4. The van der Waals surface area contributed by atoms with Gasteiger partial charge in [0.1, 0.15) is 5.82 Å². The molecule has 33 heavy (non-hydrogen) atoms. The Balaban J connectivity index is 1.37. The Kier molecular flexibility index (Phi) is 7.96. The lowest BCUT2D eigenvalue weighted by Crippen LogP contribution is -2.44. The Labute approximate surface area is 190 Å². The lowest BCUT2D eigenvalue weighted by atomic mass is 9.97. The third-order valence-electron chi connectivity index (χ3n) is 5.22. The van der Waals surface area contributed by atoms with Crippen LogP contribution in [-0.4, -0.2) is 48.3 Å². The van der Waals surface area contributed by atoms with Gasteiger partial charge in [-0.05, 0) is 67.3 Å². The second-order valence-corrected chi connectivity index (χ2v) is 7.79. The van der Waals surface area contributed by atoms with Gasteiger partial charge in [0.25, 0.3) is 0 Å². The predicted octanol–water partition coefficient (Wildman–Crippen LogP) is 2.78. The van der Waals surface area contributed by atoms with Crippen LogP contribution in [0.25, 0.3) is 0 Å². The van der Waals surface area contributed by atoms with E-state index in [4.69, 9.17) is 0 Å². The molecule has 1 aliphatic heterocycles. The number of nitrogens with zero attached hydrogens (tertiary/aromatic N) is 1. The highest BCUT2D eigenvalue weighted by Crippen LogP contribution is 2.18. The molecule has 10 heteroatoms. The van der Waals surface area contributed by atoms with Crippen LogP contribution in [0.4, 0.5) is 26.2 Å². The lowest BCUT2D eigenvalue weighted by Gasteiger charge is -2.32. The molecule has 1 saturated heterocycles. The van der Waals surface area contributed by atoms with Crippen molar-refractivity contribution in [1.29, 1.82) is 0 Å². The van der Waals surface area contributed by atoms with E-state index in [1.807, 2.05) is 0 Å². The summed E-state index contributed by atoms with van der Waals surface area (Å²) in [6, 6.07) is 11.7. The lowest BCUT2D eigenvalue weighted by molar-refractivity contribution is -0.136. The fourth-order valence-electron chi connectivity index (χ4n) is 3.42. The number of halogens is 1. The number of likely N-dealkylation sites (tertiary alicyclic amines) is 1. The Morgan fingerprint density at radius 2 is 1.33 bits per heavy atom. The molecule has 0 aromatic heterocycles. The zero-order valence-corrected chi connectivity index (χ0v) is 18.2. The van der Waals surface area contributed by atoms with Crippen molar-refractivity contribution in [3.05, 3.63) is 54.3 Å². The van der Waals surface area contributed by atoms with Crippen molar-refractivity contribution in [2.75, 3.05) is 35.6 Å². The number of amides is 5. The molecule has 1 fully saturated rings. The first-order valence-corrected chi connectivity index (χ1v) is 10.6. The average molecular weight is 455 g/mol. The van der Waals surface area contributed by atoms with E-state index in [9.17, 15) is 23.6 Å². The maximum Gasteiger partial charge on any atom is 0.321 e. The maximum absolute atomic E-state index is 13.0. The van der Waals surface area contributed by atoms with Gasteiger partial charge in [-0.3, -0.25) is 14.4 Å². The van der Waals surface area contributed by atoms with E-state index in [0.29, 0.717) is 49.5 Å². The molecule has 1 heterocycles. The van der Waals surface area contributed by atoms with Gasteiger partial charge in [-0.1, -0.05) is 0 Å². The smallest absolute Gasteiger partial charge is 0.321 e. The second-order valence-electron chi connectivity index (χ2n) is 7.79. The van der Waals surface area contributed by atoms with Crippen LogP contribution in [0.15, 0.2) is 48.5 Å². The van der Waals surface area contributed by atoms with Crippen molar-refractivity contribution < 1.29 is 23.6 Å². The normalized spacial score (nSPS) is 13.7. The molecule has 3 rings (SSSR count). The maximum atomic E-state index is 13.0. The number of nitrogens with one attached hydrogen (secondary N) is 4. The summed E-state index contributed by atoms with van der Waals surface area (Å²) >= 11 is 0. The molecular weight excluding hydrogens is 429 g/mol. The van der Waals surface area contributed by atoms with E-state index in [1.165, 1.54) is 31.2 Å². The van der Waals surface area contributed by atoms with Gasteiger partial charge < -0.3 is 26.2 Å². The summed E-state index contributed by atoms with van der Waals surface area (Å²) in [7, 11) is 0. The van der Waals surface area contributed by atoms with E-state index in [2.05, 4.69) is 21.3 Å². The summed E-state index contributed by atoms with van der Waals surface area (Å²) in [5, 5.41) is 10.5. The Hall–Kier alpha value is -3.95. The van der Waals surface area contributed by atoms with E-state index >= 15 is 0 Å². The number of anilines is 3. The largest absolute Gasteiger partial charge is 0.348 e. The minimum absolute atomic E-state index is 0.147. The number of hydrogen-bond donors (Lipinski definition) is 4. The molecule has 0 atom stereocenters. The first-order chi connectivity index (χ1) is 15.8. The quantitative estimate of drug-likeness (QED) is 0.518. The average Bonchev–Trinajstić information content (AvgIpc) is 2.80. The fourth-order valence-corrected chi connectivity index (χ4v) is 3.42. The van der Waals surface area contributed by atoms with Gasteiger partial charge in [0.2, 0.25) is 5.91 Å². The minimum atomic E-state index is -0.779. The number of hydrogen-bond acceptors (Lipinski definition) is 4. The molecule has 2 aromatic rings. The van der Waals surface area contributed by atoms with Crippen LogP contribution in [0, 0.1) is 11.7 Å². The summed E-state index contributed by atoms with van der Waals surface area (Å²) < 4.78 is 13.0. The van der Waals surface area contributed by atoms with Crippen molar-refractivity contribution in [2.24, 2.45) is 5.92 Å². The molecule has 4 N–H and O–H groups in total. The first-order valence-electron chi connectivity index (χ1n) is 10.6. The van der Waals surface area contributed by atoms with Crippen LogP contribution in [0.1, 0.15) is 19.8 Å². The van der Waals surface area contributed by atoms with Crippen molar-refractivity contribution in [3.63, 3.8) is 0 Å². The summed E-state index contributed by atoms with van der Waals surface area (Å²) in [6.07, 6.45) is 1.37. The van der Waals surface area contributed by atoms with Crippen LogP contribution in [0.3, 0.4) is 0 Å². The third-order valence-corrected chi connectivity index (χ3v) is 5.22. The van der Waals surface area contributed by atoms with Crippen LogP contribution in [0.5, 0.6) is 0 Å². The molecule has 0 aliphatic carbocycles. The SMILES string of the molecule is CC(=O)Nc1ccc(NC(=O)C(=O)NCC2CCN(C(=O)Nc3ccc(F)cc3)CC2)cc1. The molecular formula is C23H26FN5O4. The van der Waals surface area contributed by atoms with Gasteiger partial charge in [0, 0.05) is 43.6 Å². The van der Waals surface area contributed by atoms with Gasteiger partial charge in [0.15, 0.2) is 0 Å². The number of piperidine rings is 1. The van der Waals surface area contributed by atoms with Crippen LogP contribution in [0.2, 0.25) is 0 Å². The molecule has 0 saturated carbocycles. The van der Waals surface area contributed by atoms with Crippen LogP contribution < -0.4 is 21.3 Å². The first kappa shape index (κ1) is 23.7. The highest BCUT2D eigenvalue weighted by atomic mass is 19.1. The van der Waals surface area contributed by atoms with Gasteiger partial charge in [-0.25, -0.2) is 9.18 Å². The Morgan fingerprint density at radius 3 is 1.91 bits per heavy atom. The van der Waals surface area contributed by atoms with Gasteiger partial charge in [-0.2, -0.15) is 0 Å². The van der Waals surface area contributed by atoms with Crippen molar-refractivity contribution in [2.45, 2.75) is 19.8 Å². The topological polar surface area (TPSA) is 120 Å². The van der Waals surface area contributed by atoms with Gasteiger partial charge in [-0.15, -0.1) is 0 Å². The van der Waals surface area contributed by atoms with E-state index in [1.54, 1.807) is 29.2 Å². The van der Waals surface area contributed by atoms with Crippen LogP contribution >= 0.6 is 0 Å². The van der Waals surface area contributed by atoms with Gasteiger partial charge in [0.05, 0.1) is 0 Å². The zero-order chi connectivity index (χ0) is 23.8. The zero-order valence-electron chi connectivity index (χ0n) is 18.2. The number of benzene rings is 2. The molecule has 1 aliphatic rings. The van der Waals surface area contributed by atoms with Crippen LogP contribution in [-0.2, 0) is 14.4 Å². The molecule has 0 spiro atoms. The summed E-state index contributed by atoms with van der Waals surface area (Å²) in [4.78, 5) is 49.3. The van der Waals surface area contributed by atoms with E-state index in [-0.39, 0.29) is 23.7 Å². The summed E-state index contributed by atoms with van der Waals surface area (Å²) in [5.41, 5.74) is 1.54. The number of urea groups is 1. The monoisotopic (exact) mass is 455 g/mol. The molecule has 9 nitrogen and oxygen atoms in total. The summed E-state index contributed by atoms with van der Waals surface area (Å²) in [5.74, 6) is -1.95. The minimum Gasteiger partial charge on any atom is -0.348 e. The molecule has 0 unspecified atom stereocenters.